The molecule has 0 aliphatic heterocycles. The van der Waals surface area contributed by atoms with Gasteiger partial charge < -0.3 is 9.84 Å². The average molecular weight is 465 g/mol. The topological polar surface area (TPSA) is 70.9 Å². The third-order valence-corrected chi connectivity index (χ3v) is 3.95. The van der Waals surface area contributed by atoms with E-state index in [0.29, 0.717) is 21.4 Å². The lowest BCUT2D eigenvalue weighted by Crippen LogP contribution is -2.24. The fourth-order valence-corrected chi connectivity index (χ4v) is 2.78. The molecule has 8 heteroatoms. The van der Waals surface area contributed by atoms with Gasteiger partial charge in [0.2, 0.25) is 0 Å². The summed E-state index contributed by atoms with van der Waals surface area (Å²) in [5.74, 6) is 0.134. The zero-order valence-corrected chi connectivity index (χ0v) is 15.3. The smallest absolute Gasteiger partial charge is 0.277 e. The zero-order valence-electron chi connectivity index (χ0n) is 11.6. The van der Waals surface area contributed by atoms with Gasteiger partial charge in [0.25, 0.3) is 5.91 Å². The van der Waals surface area contributed by atoms with E-state index in [1.807, 2.05) is 0 Å². The highest BCUT2D eigenvalue weighted by Crippen LogP contribution is 2.24. The van der Waals surface area contributed by atoms with Crippen LogP contribution in [0.4, 0.5) is 0 Å². The molecule has 0 bridgehead atoms. The molecule has 0 aromatic heterocycles. The summed E-state index contributed by atoms with van der Waals surface area (Å²) in [6.07, 6.45) is 1.30. The molecule has 120 valence electrons. The van der Waals surface area contributed by atoms with E-state index in [1.165, 1.54) is 18.3 Å². The van der Waals surface area contributed by atoms with Crippen LogP contribution in [0.15, 0.2) is 41.5 Å². The van der Waals surface area contributed by atoms with Gasteiger partial charge in [-0.3, -0.25) is 4.79 Å². The van der Waals surface area contributed by atoms with Crippen molar-refractivity contribution < 1.29 is 14.6 Å². The minimum Gasteiger partial charge on any atom is -0.507 e. The number of halogens is 3. The number of carbonyl (C=O) groups is 1. The van der Waals surface area contributed by atoms with E-state index in [4.69, 9.17) is 27.9 Å². The molecule has 2 rings (SSSR count). The number of phenolic OH excluding ortho intramolecular Hbond substituents is 1. The number of hydrogen-bond donors (Lipinski definition) is 2. The maximum atomic E-state index is 11.7. The molecule has 5 nitrogen and oxygen atoms in total. The van der Waals surface area contributed by atoms with Crippen LogP contribution in [0.3, 0.4) is 0 Å². The fourth-order valence-electron chi connectivity index (χ4n) is 1.57. The lowest BCUT2D eigenvalue weighted by molar-refractivity contribution is -0.123. The highest BCUT2D eigenvalue weighted by atomic mass is 127. The predicted molar refractivity (Wildman–Crippen MR) is 98.5 cm³/mol. The third-order valence-electron chi connectivity index (χ3n) is 2.64. The van der Waals surface area contributed by atoms with Crippen molar-refractivity contribution in [3.63, 3.8) is 0 Å². The quantitative estimate of drug-likeness (QED) is 0.401. The van der Waals surface area contributed by atoms with Gasteiger partial charge in [-0.1, -0.05) is 23.2 Å². The Morgan fingerprint density at radius 1 is 1.26 bits per heavy atom. The zero-order chi connectivity index (χ0) is 16.8. The van der Waals surface area contributed by atoms with Crippen LogP contribution in [0.1, 0.15) is 5.56 Å². The Balaban J connectivity index is 1.87. The monoisotopic (exact) mass is 464 g/mol. The normalized spacial score (nSPS) is 10.7. The highest BCUT2D eigenvalue weighted by Gasteiger charge is 2.05. The maximum Gasteiger partial charge on any atom is 0.277 e. The summed E-state index contributed by atoms with van der Waals surface area (Å²) in [4.78, 5) is 11.7. The molecule has 0 saturated carbocycles. The minimum absolute atomic E-state index is 0.0133. The summed E-state index contributed by atoms with van der Waals surface area (Å²) in [5, 5.41) is 14.4. The summed E-state index contributed by atoms with van der Waals surface area (Å²) in [7, 11) is 0. The van der Waals surface area contributed by atoms with Gasteiger partial charge in [0.1, 0.15) is 11.5 Å². The number of amides is 1. The second kappa shape index (κ2) is 8.37. The molecule has 0 aliphatic rings. The van der Waals surface area contributed by atoms with Crippen LogP contribution < -0.4 is 10.2 Å². The molecule has 0 aliphatic carbocycles. The van der Waals surface area contributed by atoms with Crippen molar-refractivity contribution in [1.29, 1.82) is 0 Å². The first-order valence-electron chi connectivity index (χ1n) is 6.34. The van der Waals surface area contributed by atoms with Gasteiger partial charge >= 0.3 is 0 Å². The van der Waals surface area contributed by atoms with Gasteiger partial charge in [0.05, 0.1) is 9.78 Å². The molecule has 23 heavy (non-hydrogen) atoms. The van der Waals surface area contributed by atoms with E-state index in [1.54, 1.807) is 24.3 Å². The van der Waals surface area contributed by atoms with Crippen molar-refractivity contribution in [2.24, 2.45) is 5.10 Å². The van der Waals surface area contributed by atoms with Crippen LogP contribution in [0.25, 0.3) is 0 Å². The van der Waals surface area contributed by atoms with E-state index in [9.17, 15) is 9.90 Å². The van der Waals surface area contributed by atoms with Crippen molar-refractivity contribution in [3.8, 4) is 11.5 Å². The summed E-state index contributed by atoms with van der Waals surface area (Å²) < 4.78 is 6.18. The molecule has 0 fully saturated rings. The van der Waals surface area contributed by atoms with Gasteiger partial charge in [-0.15, -0.1) is 0 Å². The Bertz CT molecular complexity index is 753. The summed E-state index contributed by atoms with van der Waals surface area (Å²) in [6, 6.07) is 9.61. The first-order valence-corrected chi connectivity index (χ1v) is 8.17. The van der Waals surface area contributed by atoms with Crippen LogP contribution in [0.5, 0.6) is 11.5 Å². The second-order valence-electron chi connectivity index (χ2n) is 4.36. The molecule has 2 aromatic rings. The second-order valence-corrected chi connectivity index (χ2v) is 6.39. The average Bonchev–Trinajstić information content (AvgIpc) is 2.50. The Morgan fingerprint density at radius 2 is 1.96 bits per heavy atom. The number of hydrogen-bond acceptors (Lipinski definition) is 4. The van der Waals surface area contributed by atoms with Crippen LogP contribution in [0, 0.1) is 3.57 Å². The van der Waals surface area contributed by atoms with E-state index in [-0.39, 0.29) is 12.4 Å². The van der Waals surface area contributed by atoms with Gasteiger partial charge in [-0.25, -0.2) is 5.43 Å². The lowest BCUT2D eigenvalue weighted by atomic mass is 10.2. The van der Waals surface area contributed by atoms with E-state index in [2.05, 4.69) is 33.1 Å². The fraction of sp³-hybridized carbons (Fsp3) is 0.0667. The molecule has 2 aromatic carbocycles. The molecule has 0 unspecified atom stereocenters. The molecular formula is C15H11Cl2IN2O3. The van der Waals surface area contributed by atoms with Crippen molar-refractivity contribution >= 4 is 57.9 Å². The molecule has 0 atom stereocenters. The van der Waals surface area contributed by atoms with E-state index >= 15 is 0 Å². The molecule has 2 N–H and O–H groups in total. The Labute approximate surface area is 156 Å². The van der Waals surface area contributed by atoms with Crippen LogP contribution in [-0.2, 0) is 4.79 Å². The van der Waals surface area contributed by atoms with Crippen molar-refractivity contribution in [1.82, 2.24) is 5.43 Å². The van der Waals surface area contributed by atoms with Gasteiger partial charge in [-0.05, 0) is 59.0 Å². The molecule has 1 amide bonds. The molecule has 0 spiro atoms. The Hall–Kier alpha value is -1.51. The Kier molecular flexibility index (Phi) is 6.49. The summed E-state index contributed by atoms with van der Waals surface area (Å²) >= 11 is 13.7. The molecular weight excluding hydrogens is 454 g/mol. The van der Waals surface area contributed by atoms with Crippen LogP contribution in [-0.4, -0.2) is 23.8 Å². The molecule has 0 heterocycles. The molecule has 0 saturated heterocycles. The van der Waals surface area contributed by atoms with Crippen molar-refractivity contribution in [2.75, 3.05) is 6.61 Å². The Morgan fingerprint density at radius 3 is 2.70 bits per heavy atom. The van der Waals surface area contributed by atoms with Crippen LogP contribution in [0.2, 0.25) is 10.0 Å². The molecule has 0 radical (unpaired) electrons. The standard InChI is InChI=1S/C15H11Cl2IN2O3/c16-10-1-3-13(21)9(5-10)7-19-20-15(22)8-23-14-4-2-11(17)6-12(14)18/h1-7,21H,8H2,(H,20,22). The summed E-state index contributed by atoms with van der Waals surface area (Å²) in [5.41, 5.74) is 2.70. The number of carbonyl (C=O) groups excluding carboxylic acids is 1. The third kappa shape index (κ3) is 5.56. The number of nitrogens with one attached hydrogen (secondary N) is 1. The van der Waals surface area contributed by atoms with Crippen molar-refractivity contribution in [3.05, 3.63) is 55.6 Å². The highest BCUT2D eigenvalue weighted by molar-refractivity contribution is 14.1. The number of ether oxygens (including phenoxy) is 1. The number of aromatic hydroxyl groups is 1. The van der Waals surface area contributed by atoms with Crippen LogP contribution >= 0.6 is 45.8 Å². The lowest BCUT2D eigenvalue weighted by Gasteiger charge is -2.07. The largest absolute Gasteiger partial charge is 0.507 e. The van der Waals surface area contributed by atoms with Crippen molar-refractivity contribution in [2.45, 2.75) is 0 Å². The first-order chi connectivity index (χ1) is 11.0. The number of benzene rings is 2. The minimum atomic E-state index is -0.437. The predicted octanol–water partition coefficient (Wildman–Crippen LogP) is 3.83. The SMILES string of the molecule is O=C(COc1ccc(Cl)cc1I)NN=Cc1cc(Cl)ccc1O. The van der Waals surface area contributed by atoms with Gasteiger partial charge in [-0.2, -0.15) is 5.10 Å². The number of nitrogens with zero attached hydrogens (tertiary/aromatic N) is 1. The number of hydrazone groups is 1. The first kappa shape index (κ1) is 17.8. The van der Waals surface area contributed by atoms with Gasteiger partial charge in [0.15, 0.2) is 6.61 Å². The number of rotatable bonds is 5. The maximum absolute atomic E-state index is 11.7. The van der Waals surface area contributed by atoms with E-state index < -0.39 is 5.91 Å². The number of phenols is 1. The van der Waals surface area contributed by atoms with Gasteiger partial charge in [0, 0.05) is 15.6 Å². The van der Waals surface area contributed by atoms with E-state index in [0.717, 1.165) is 3.57 Å². The summed E-state index contributed by atoms with van der Waals surface area (Å²) in [6.45, 7) is -0.198.